The molecule has 2 aromatic heterocycles. The van der Waals surface area contributed by atoms with E-state index in [4.69, 9.17) is 9.47 Å². The van der Waals surface area contributed by atoms with Gasteiger partial charge in [0, 0.05) is 42.8 Å². The van der Waals surface area contributed by atoms with E-state index in [2.05, 4.69) is 10.2 Å². The van der Waals surface area contributed by atoms with Crippen LogP contribution in [0.4, 0.5) is 0 Å². The van der Waals surface area contributed by atoms with Gasteiger partial charge in [0.25, 0.3) is 11.8 Å². The highest BCUT2D eigenvalue weighted by Crippen LogP contribution is 2.40. The van der Waals surface area contributed by atoms with Crippen molar-refractivity contribution in [2.45, 2.75) is 25.7 Å². The fourth-order valence-electron chi connectivity index (χ4n) is 4.12. The van der Waals surface area contributed by atoms with Gasteiger partial charge in [-0.25, -0.2) is 0 Å². The number of aryl methyl sites for hydroxylation is 1. The molecule has 0 spiro atoms. The van der Waals surface area contributed by atoms with Crippen molar-refractivity contribution in [3.63, 3.8) is 0 Å². The van der Waals surface area contributed by atoms with Crippen LogP contribution in [0.5, 0.6) is 11.5 Å². The van der Waals surface area contributed by atoms with E-state index in [9.17, 15) is 9.59 Å². The maximum absolute atomic E-state index is 13.0. The Hall–Kier alpha value is -2.55. The van der Waals surface area contributed by atoms with Crippen molar-refractivity contribution in [1.82, 2.24) is 20.0 Å². The number of nitrogens with zero attached hydrogens (tertiary/aromatic N) is 3. The van der Waals surface area contributed by atoms with Crippen molar-refractivity contribution in [3.05, 3.63) is 27.2 Å². The average molecular weight is 402 g/mol. The van der Waals surface area contributed by atoms with Gasteiger partial charge in [-0.2, -0.15) is 5.10 Å². The number of hydrogen-bond donors (Lipinski definition) is 1. The first-order chi connectivity index (χ1) is 13.7. The van der Waals surface area contributed by atoms with Crippen molar-refractivity contribution in [3.8, 4) is 11.5 Å². The smallest absolute Gasteiger partial charge is 0.274 e. The van der Waals surface area contributed by atoms with Crippen molar-refractivity contribution < 1.29 is 19.1 Å². The van der Waals surface area contributed by atoms with E-state index in [1.54, 1.807) is 0 Å². The number of aromatic nitrogens is 2. The Labute approximate surface area is 166 Å². The third-order valence-corrected chi connectivity index (χ3v) is 6.50. The zero-order valence-electron chi connectivity index (χ0n) is 15.5. The number of carbonyl (C=O) groups excluding carboxylic acids is 2. The first-order valence-corrected chi connectivity index (χ1v) is 10.6. The minimum absolute atomic E-state index is 0.0288. The van der Waals surface area contributed by atoms with E-state index in [0.717, 1.165) is 36.9 Å². The maximum atomic E-state index is 13.0. The molecule has 2 aromatic rings. The number of hydrogen-bond acceptors (Lipinski definition) is 6. The highest BCUT2D eigenvalue weighted by molar-refractivity contribution is 7.12. The number of aromatic amines is 1. The number of nitrogens with one attached hydrogen (secondary N) is 1. The van der Waals surface area contributed by atoms with Crippen LogP contribution < -0.4 is 9.47 Å². The summed E-state index contributed by atoms with van der Waals surface area (Å²) in [6.45, 7) is 3.23. The van der Waals surface area contributed by atoms with Crippen LogP contribution in [0, 0.1) is 0 Å². The summed E-state index contributed by atoms with van der Waals surface area (Å²) in [6.07, 6.45) is 3.70. The zero-order valence-corrected chi connectivity index (χ0v) is 16.3. The van der Waals surface area contributed by atoms with E-state index >= 15 is 0 Å². The zero-order chi connectivity index (χ0) is 19.1. The second kappa shape index (κ2) is 7.12. The van der Waals surface area contributed by atoms with E-state index in [-0.39, 0.29) is 11.8 Å². The normalized spacial score (nSPS) is 18.7. The molecule has 8 nitrogen and oxygen atoms in total. The number of amides is 2. The van der Waals surface area contributed by atoms with Crippen LogP contribution in [-0.2, 0) is 12.8 Å². The standard InChI is InChI=1S/C19H22N4O4S/c24-18(15-12-3-1-4-13(12)20-21-15)22-5-2-6-23(8-7-22)19(25)17-16-14(11-28-17)26-9-10-27-16/h11H,1-10H2,(H,20,21). The summed E-state index contributed by atoms with van der Waals surface area (Å²) < 4.78 is 11.2. The van der Waals surface area contributed by atoms with Gasteiger partial charge in [-0.15, -0.1) is 11.3 Å². The van der Waals surface area contributed by atoms with E-state index in [0.29, 0.717) is 61.5 Å². The summed E-state index contributed by atoms with van der Waals surface area (Å²) in [5.74, 6) is 1.13. The van der Waals surface area contributed by atoms with Gasteiger partial charge >= 0.3 is 0 Å². The quantitative estimate of drug-likeness (QED) is 0.826. The summed E-state index contributed by atoms with van der Waals surface area (Å²) in [5, 5.41) is 9.10. The Morgan fingerprint density at radius 3 is 2.64 bits per heavy atom. The van der Waals surface area contributed by atoms with Gasteiger partial charge in [-0.1, -0.05) is 0 Å². The molecule has 148 valence electrons. The molecule has 0 atom stereocenters. The Morgan fingerprint density at radius 2 is 1.79 bits per heavy atom. The predicted molar refractivity (Wildman–Crippen MR) is 102 cm³/mol. The Morgan fingerprint density at radius 1 is 1.00 bits per heavy atom. The summed E-state index contributed by atoms with van der Waals surface area (Å²) in [7, 11) is 0. The molecule has 1 aliphatic carbocycles. The van der Waals surface area contributed by atoms with E-state index in [1.165, 1.54) is 11.3 Å². The molecule has 0 unspecified atom stereocenters. The van der Waals surface area contributed by atoms with Gasteiger partial charge < -0.3 is 19.3 Å². The number of H-pyrrole nitrogens is 1. The van der Waals surface area contributed by atoms with Gasteiger partial charge in [0.1, 0.15) is 18.1 Å². The summed E-state index contributed by atoms with van der Waals surface area (Å²) in [6, 6.07) is 0. The molecule has 2 amide bonds. The SMILES string of the molecule is O=C(c1n[nH]c2c1CCC2)N1CCCN(C(=O)c2scc3c2OCCO3)CC1. The Kier molecular flexibility index (Phi) is 4.46. The fraction of sp³-hybridized carbons (Fsp3) is 0.526. The van der Waals surface area contributed by atoms with Crippen molar-refractivity contribution in [1.29, 1.82) is 0 Å². The molecule has 1 saturated heterocycles. The van der Waals surface area contributed by atoms with Gasteiger partial charge in [0.15, 0.2) is 17.2 Å². The molecule has 0 saturated carbocycles. The molecule has 1 N–H and O–H groups in total. The van der Waals surface area contributed by atoms with Gasteiger partial charge in [-0.05, 0) is 25.7 Å². The third kappa shape index (κ3) is 2.94. The molecule has 0 bridgehead atoms. The molecule has 28 heavy (non-hydrogen) atoms. The van der Waals surface area contributed by atoms with Crippen LogP contribution in [0.15, 0.2) is 5.38 Å². The monoisotopic (exact) mass is 402 g/mol. The fourth-order valence-corrected chi connectivity index (χ4v) is 5.02. The van der Waals surface area contributed by atoms with Crippen molar-refractivity contribution >= 4 is 23.2 Å². The highest BCUT2D eigenvalue weighted by Gasteiger charge is 2.31. The van der Waals surface area contributed by atoms with Crippen LogP contribution in [0.1, 0.15) is 44.3 Å². The number of carbonyl (C=O) groups is 2. The lowest BCUT2D eigenvalue weighted by Crippen LogP contribution is -2.37. The molecular weight excluding hydrogens is 380 g/mol. The minimum atomic E-state index is -0.0493. The van der Waals surface area contributed by atoms with Crippen LogP contribution >= 0.6 is 11.3 Å². The lowest BCUT2D eigenvalue weighted by Gasteiger charge is -2.22. The van der Waals surface area contributed by atoms with Gasteiger partial charge in [0.05, 0.1) is 0 Å². The first kappa shape index (κ1) is 17.5. The largest absolute Gasteiger partial charge is 0.485 e. The maximum Gasteiger partial charge on any atom is 0.274 e. The predicted octanol–water partition coefficient (Wildman–Crippen LogP) is 1.72. The topological polar surface area (TPSA) is 87.8 Å². The summed E-state index contributed by atoms with van der Waals surface area (Å²) in [5.41, 5.74) is 2.73. The van der Waals surface area contributed by atoms with Gasteiger partial charge in [-0.3, -0.25) is 14.7 Å². The molecule has 5 rings (SSSR count). The molecular formula is C19H22N4O4S. The van der Waals surface area contributed by atoms with Crippen molar-refractivity contribution in [2.24, 2.45) is 0 Å². The lowest BCUT2D eigenvalue weighted by atomic mass is 10.2. The number of ether oxygens (including phenoxy) is 2. The Balaban J connectivity index is 1.28. The molecule has 9 heteroatoms. The average Bonchev–Trinajstić information content (AvgIpc) is 3.38. The molecule has 0 aromatic carbocycles. The summed E-state index contributed by atoms with van der Waals surface area (Å²) in [4.78, 5) is 30.2. The van der Waals surface area contributed by atoms with Crippen LogP contribution in [0.2, 0.25) is 0 Å². The lowest BCUT2D eigenvalue weighted by molar-refractivity contribution is 0.0713. The minimum Gasteiger partial charge on any atom is -0.485 e. The second-order valence-electron chi connectivity index (χ2n) is 7.28. The molecule has 1 fully saturated rings. The molecule has 0 radical (unpaired) electrons. The van der Waals surface area contributed by atoms with Crippen LogP contribution in [-0.4, -0.2) is 71.2 Å². The summed E-state index contributed by atoms with van der Waals surface area (Å²) >= 11 is 1.36. The molecule has 3 aliphatic rings. The molecule has 4 heterocycles. The number of rotatable bonds is 2. The van der Waals surface area contributed by atoms with Crippen LogP contribution in [0.3, 0.4) is 0 Å². The number of thiophene rings is 1. The first-order valence-electron chi connectivity index (χ1n) is 9.74. The van der Waals surface area contributed by atoms with Crippen LogP contribution in [0.25, 0.3) is 0 Å². The Bertz CT molecular complexity index is 921. The molecule has 2 aliphatic heterocycles. The third-order valence-electron chi connectivity index (χ3n) is 5.57. The van der Waals surface area contributed by atoms with E-state index in [1.807, 2.05) is 15.2 Å². The van der Waals surface area contributed by atoms with Gasteiger partial charge in [0.2, 0.25) is 0 Å². The highest BCUT2D eigenvalue weighted by atomic mass is 32.1. The van der Waals surface area contributed by atoms with E-state index < -0.39 is 0 Å². The van der Waals surface area contributed by atoms with Crippen molar-refractivity contribution in [2.75, 3.05) is 39.4 Å². The number of fused-ring (bicyclic) bond motifs is 2. The second-order valence-corrected chi connectivity index (χ2v) is 8.16.